The molecule has 1 atom stereocenters. The molecule has 23 heavy (non-hydrogen) atoms. The number of fused-ring (bicyclic) bond motifs is 1. The van der Waals surface area contributed by atoms with Crippen LogP contribution >= 0.6 is 11.8 Å². The molecule has 1 N–H and O–H groups in total. The third kappa shape index (κ3) is 3.36. The lowest BCUT2D eigenvalue weighted by molar-refractivity contribution is 0.414. The Balaban J connectivity index is 1.88. The van der Waals surface area contributed by atoms with Gasteiger partial charge in [-0.3, -0.25) is 0 Å². The quantitative estimate of drug-likeness (QED) is 0.916. The topological polar surface area (TPSA) is 55.4 Å². The minimum Gasteiger partial charge on any atom is -0.497 e. The average Bonchev–Trinajstić information content (AvgIpc) is 2.56. The number of rotatable bonds is 4. The summed E-state index contributed by atoms with van der Waals surface area (Å²) < 4.78 is 46.7. The van der Waals surface area contributed by atoms with Crippen molar-refractivity contribution in [3.05, 3.63) is 53.8 Å². The SMILES string of the molecule is COc1ccc(S(=O)(=O)NC2CCSc3c(F)cccc32)cc1. The van der Waals surface area contributed by atoms with Crippen LogP contribution in [0.1, 0.15) is 18.0 Å². The van der Waals surface area contributed by atoms with Crippen molar-refractivity contribution in [2.75, 3.05) is 12.9 Å². The molecule has 0 fully saturated rings. The summed E-state index contributed by atoms with van der Waals surface area (Å²) in [6.45, 7) is 0. The van der Waals surface area contributed by atoms with Gasteiger partial charge in [-0.2, -0.15) is 0 Å². The average molecular weight is 353 g/mol. The summed E-state index contributed by atoms with van der Waals surface area (Å²) in [6.07, 6.45) is 0.622. The second kappa shape index (κ2) is 6.51. The Morgan fingerprint density at radius 1 is 1.22 bits per heavy atom. The molecule has 1 heterocycles. The van der Waals surface area contributed by atoms with E-state index >= 15 is 0 Å². The molecule has 1 aliphatic rings. The van der Waals surface area contributed by atoms with Crippen LogP contribution in [-0.4, -0.2) is 21.3 Å². The van der Waals surface area contributed by atoms with Gasteiger partial charge in [0, 0.05) is 10.9 Å². The van der Waals surface area contributed by atoms with Crippen molar-refractivity contribution in [2.24, 2.45) is 0 Å². The van der Waals surface area contributed by atoms with Crippen molar-refractivity contribution in [3.8, 4) is 5.75 Å². The van der Waals surface area contributed by atoms with Crippen LogP contribution in [0.2, 0.25) is 0 Å². The van der Waals surface area contributed by atoms with E-state index in [1.165, 1.54) is 37.1 Å². The van der Waals surface area contributed by atoms with Crippen molar-refractivity contribution < 1.29 is 17.5 Å². The van der Waals surface area contributed by atoms with Gasteiger partial charge in [-0.25, -0.2) is 17.5 Å². The Morgan fingerprint density at radius 2 is 1.96 bits per heavy atom. The number of thioether (sulfide) groups is 1. The molecule has 0 saturated heterocycles. The van der Waals surface area contributed by atoms with Crippen molar-refractivity contribution >= 4 is 21.8 Å². The van der Waals surface area contributed by atoms with E-state index in [4.69, 9.17) is 4.74 Å². The van der Waals surface area contributed by atoms with Gasteiger partial charge >= 0.3 is 0 Å². The zero-order chi connectivity index (χ0) is 16.4. The Hall–Kier alpha value is -1.57. The van der Waals surface area contributed by atoms with Crippen molar-refractivity contribution in [3.63, 3.8) is 0 Å². The van der Waals surface area contributed by atoms with Crippen LogP contribution < -0.4 is 9.46 Å². The molecular formula is C16H16FNO3S2. The first kappa shape index (κ1) is 16.3. The predicted octanol–water partition coefficient (Wildman–Crippen LogP) is 3.35. The van der Waals surface area contributed by atoms with E-state index in [9.17, 15) is 12.8 Å². The maximum atomic E-state index is 13.9. The number of nitrogens with one attached hydrogen (secondary N) is 1. The second-order valence-corrected chi connectivity index (χ2v) is 7.96. The van der Waals surface area contributed by atoms with E-state index in [1.54, 1.807) is 24.3 Å². The highest BCUT2D eigenvalue weighted by atomic mass is 32.2. The van der Waals surface area contributed by atoms with Gasteiger partial charge < -0.3 is 4.74 Å². The zero-order valence-corrected chi connectivity index (χ0v) is 14.1. The first-order valence-corrected chi connectivity index (χ1v) is 9.56. The molecule has 1 aliphatic heterocycles. The van der Waals surface area contributed by atoms with E-state index in [1.807, 2.05) is 0 Å². The van der Waals surface area contributed by atoms with Crippen LogP contribution in [-0.2, 0) is 10.0 Å². The number of hydrogen-bond acceptors (Lipinski definition) is 4. The first-order chi connectivity index (χ1) is 11.0. The molecule has 0 aliphatic carbocycles. The van der Waals surface area contributed by atoms with E-state index in [0.29, 0.717) is 28.4 Å². The molecule has 7 heteroatoms. The molecule has 0 saturated carbocycles. The maximum absolute atomic E-state index is 13.9. The zero-order valence-electron chi connectivity index (χ0n) is 12.5. The van der Waals surface area contributed by atoms with Crippen LogP contribution in [0.4, 0.5) is 4.39 Å². The van der Waals surface area contributed by atoms with Crippen LogP contribution in [0.15, 0.2) is 52.3 Å². The van der Waals surface area contributed by atoms with Crippen molar-refractivity contribution in [1.82, 2.24) is 4.72 Å². The highest BCUT2D eigenvalue weighted by Gasteiger charge is 2.27. The minimum atomic E-state index is -3.68. The number of benzene rings is 2. The Labute approximate surface area is 139 Å². The maximum Gasteiger partial charge on any atom is 0.241 e. The van der Waals surface area contributed by atoms with Gasteiger partial charge in [-0.05, 0) is 48.1 Å². The second-order valence-electron chi connectivity index (χ2n) is 5.14. The summed E-state index contributed by atoms with van der Waals surface area (Å²) >= 11 is 1.42. The molecule has 1 unspecified atom stereocenters. The summed E-state index contributed by atoms with van der Waals surface area (Å²) in [4.78, 5) is 0.690. The molecular weight excluding hydrogens is 337 g/mol. The third-order valence-corrected chi connectivity index (χ3v) is 6.34. The Morgan fingerprint density at radius 3 is 2.65 bits per heavy atom. The van der Waals surface area contributed by atoms with Gasteiger partial charge in [0.2, 0.25) is 10.0 Å². The largest absolute Gasteiger partial charge is 0.497 e. The molecule has 0 radical (unpaired) electrons. The smallest absolute Gasteiger partial charge is 0.241 e. The standard InChI is InChI=1S/C16H16FNO3S2/c1-21-11-5-7-12(8-6-11)23(19,20)18-15-9-10-22-16-13(15)3-2-4-14(16)17/h2-8,15,18H,9-10H2,1H3. The highest BCUT2D eigenvalue weighted by molar-refractivity contribution is 7.99. The van der Waals surface area contributed by atoms with E-state index < -0.39 is 16.1 Å². The molecule has 2 aromatic rings. The lowest BCUT2D eigenvalue weighted by atomic mass is 10.0. The van der Waals surface area contributed by atoms with Gasteiger partial charge in [-0.1, -0.05) is 12.1 Å². The van der Waals surface area contributed by atoms with Gasteiger partial charge in [-0.15, -0.1) is 11.8 Å². The lowest BCUT2D eigenvalue weighted by Gasteiger charge is -2.26. The summed E-state index contributed by atoms with van der Waals surface area (Å²) in [6, 6.07) is 10.5. The molecule has 3 rings (SSSR count). The molecule has 4 nitrogen and oxygen atoms in total. The van der Waals surface area contributed by atoms with Crippen LogP contribution in [0, 0.1) is 5.82 Å². The summed E-state index contributed by atoms with van der Waals surface area (Å²) in [5, 5.41) is 0. The van der Waals surface area contributed by atoms with E-state index in [2.05, 4.69) is 4.72 Å². The van der Waals surface area contributed by atoms with Crippen LogP contribution in [0.3, 0.4) is 0 Å². The van der Waals surface area contributed by atoms with Crippen molar-refractivity contribution in [1.29, 1.82) is 0 Å². The third-order valence-electron chi connectivity index (χ3n) is 3.69. The molecule has 0 spiro atoms. The van der Waals surface area contributed by atoms with E-state index in [0.717, 1.165) is 0 Å². The molecule has 0 aromatic heterocycles. The Bertz CT molecular complexity index is 807. The van der Waals surface area contributed by atoms with Gasteiger partial charge in [0.25, 0.3) is 0 Å². The minimum absolute atomic E-state index is 0.162. The lowest BCUT2D eigenvalue weighted by Crippen LogP contribution is -2.31. The molecule has 0 bridgehead atoms. The van der Waals surface area contributed by atoms with Crippen molar-refractivity contribution in [2.45, 2.75) is 22.3 Å². The normalized spacial score (nSPS) is 17.6. The summed E-state index contributed by atoms with van der Waals surface area (Å²) in [5.41, 5.74) is 0.693. The number of methoxy groups -OCH3 is 1. The number of hydrogen-bond donors (Lipinski definition) is 1. The van der Waals surface area contributed by atoms with Gasteiger partial charge in [0.05, 0.1) is 12.0 Å². The monoisotopic (exact) mass is 353 g/mol. The highest BCUT2D eigenvalue weighted by Crippen LogP contribution is 2.38. The number of halogens is 1. The fourth-order valence-electron chi connectivity index (χ4n) is 2.52. The number of sulfonamides is 1. The molecule has 2 aromatic carbocycles. The van der Waals surface area contributed by atoms with Crippen LogP contribution in [0.5, 0.6) is 5.75 Å². The molecule has 122 valence electrons. The van der Waals surface area contributed by atoms with Crippen LogP contribution in [0.25, 0.3) is 0 Å². The Kier molecular flexibility index (Phi) is 4.61. The number of ether oxygens (including phenoxy) is 1. The van der Waals surface area contributed by atoms with Gasteiger partial charge in [0.15, 0.2) is 0 Å². The summed E-state index contributed by atoms with van der Waals surface area (Å²) in [7, 11) is -2.16. The molecule has 0 amide bonds. The fourth-order valence-corrected chi connectivity index (χ4v) is 4.91. The first-order valence-electron chi connectivity index (χ1n) is 7.09. The predicted molar refractivity (Wildman–Crippen MR) is 87.8 cm³/mol. The van der Waals surface area contributed by atoms with E-state index in [-0.39, 0.29) is 10.7 Å². The fraction of sp³-hybridized carbons (Fsp3) is 0.250. The van der Waals surface area contributed by atoms with Gasteiger partial charge in [0.1, 0.15) is 11.6 Å². The summed E-state index contributed by atoms with van der Waals surface area (Å²) in [5.74, 6) is 0.954.